The molecule has 0 saturated carbocycles. The maximum atomic E-state index is 9.72. The maximum absolute atomic E-state index is 9.72. The lowest BCUT2D eigenvalue weighted by molar-refractivity contribution is 0.199. The molecule has 0 aliphatic heterocycles. The van der Waals surface area contributed by atoms with E-state index in [9.17, 15) is 5.11 Å². The van der Waals surface area contributed by atoms with Crippen LogP contribution in [0.15, 0.2) is 18.3 Å². The Morgan fingerprint density at radius 2 is 2.18 bits per heavy atom. The number of hydrogen-bond donors (Lipinski definition) is 2. The number of anilines is 1. The third kappa shape index (κ3) is 3.98. The molecule has 0 aliphatic rings. The number of unbranched alkanes of at least 4 members (excludes halogenated alkanes) is 1. The second-order valence-electron chi connectivity index (χ2n) is 4.16. The van der Waals surface area contributed by atoms with Crippen LogP contribution in [0.25, 0.3) is 0 Å². The highest BCUT2D eigenvalue weighted by atomic mass is 16.3. The van der Waals surface area contributed by atoms with Gasteiger partial charge in [0.1, 0.15) is 5.82 Å². The Morgan fingerprint density at radius 1 is 1.41 bits per heavy atom. The predicted octanol–water partition coefficient (Wildman–Crippen LogP) is 1.73. The van der Waals surface area contributed by atoms with Crippen LogP contribution in [0.1, 0.15) is 38.4 Å². The first-order chi connectivity index (χ1) is 8.20. The molecule has 0 aliphatic carbocycles. The molecule has 4 nitrogen and oxygen atoms in total. The highest BCUT2D eigenvalue weighted by Crippen LogP contribution is 2.23. The number of aromatic nitrogens is 1. The van der Waals surface area contributed by atoms with Crippen LogP contribution >= 0.6 is 0 Å². The van der Waals surface area contributed by atoms with Crippen molar-refractivity contribution in [3.8, 4) is 0 Å². The second kappa shape index (κ2) is 7.25. The Bertz CT molecular complexity index is 329. The molecule has 0 bridgehead atoms. The lowest BCUT2D eigenvalue weighted by Gasteiger charge is -2.25. The van der Waals surface area contributed by atoms with Crippen LogP contribution in [0.5, 0.6) is 0 Å². The van der Waals surface area contributed by atoms with Gasteiger partial charge in [-0.15, -0.1) is 0 Å². The van der Waals surface area contributed by atoms with Gasteiger partial charge in [0.25, 0.3) is 0 Å². The summed E-state index contributed by atoms with van der Waals surface area (Å²) in [5.74, 6) is 0.782. The van der Waals surface area contributed by atoms with E-state index >= 15 is 0 Å². The number of aliphatic hydroxyl groups excluding tert-OH is 2. The molecule has 2 N–H and O–H groups in total. The molecule has 0 fully saturated rings. The van der Waals surface area contributed by atoms with Gasteiger partial charge in [0.05, 0.1) is 12.7 Å². The fourth-order valence-corrected chi connectivity index (χ4v) is 1.79. The highest BCUT2D eigenvalue weighted by Gasteiger charge is 2.14. The van der Waals surface area contributed by atoms with E-state index in [1.54, 1.807) is 13.1 Å². The van der Waals surface area contributed by atoms with Gasteiger partial charge >= 0.3 is 0 Å². The summed E-state index contributed by atoms with van der Waals surface area (Å²) in [7, 11) is 0. The van der Waals surface area contributed by atoms with Crippen molar-refractivity contribution in [3.63, 3.8) is 0 Å². The minimum Gasteiger partial charge on any atom is -0.395 e. The summed E-state index contributed by atoms with van der Waals surface area (Å²) in [6.45, 7) is 5.37. The van der Waals surface area contributed by atoms with Crippen molar-refractivity contribution < 1.29 is 10.2 Å². The van der Waals surface area contributed by atoms with Gasteiger partial charge in [-0.25, -0.2) is 4.98 Å². The molecule has 1 heterocycles. The smallest absolute Gasteiger partial charge is 0.134 e. The molecular weight excluding hydrogens is 216 g/mol. The number of pyridine rings is 1. The van der Waals surface area contributed by atoms with Crippen LogP contribution in [0.2, 0.25) is 0 Å². The summed E-state index contributed by atoms with van der Waals surface area (Å²) in [5.41, 5.74) is 0.817. The van der Waals surface area contributed by atoms with Crippen molar-refractivity contribution >= 4 is 5.82 Å². The number of aliphatic hydroxyl groups is 2. The van der Waals surface area contributed by atoms with E-state index < -0.39 is 6.10 Å². The van der Waals surface area contributed by atoms with Gasteiger partial charge in [0.2, 0.25) is 0 Å². The highest BCUT2D eigenvalue weighted by molar-refractivity contribution is 5.47. The van der Waals surface area contributed by atoms with Crippen LogP contribution in [0.4, 0.5) is 5.82 Å². The normalized spacial score (nSPS) is 12.5. The Morgan fingerprint density at radius 3 is 2.76 bits per heavy atom. The van der Waals surface area contributed by atoms with Crippen molar-refractivity contribution in [3.05, 3.63) is 23.9 Å². The van der Waals surface area contributed by atoms with Gasteiger partial charge in [0.15, 0.2) is 0 Å². The van der Waals surface area contributed by atoms with E-state index in [4.69, 9.17) is 5.11 Å². The zero-order valence-corrected chi connectivity index (χ0v) is 10.6. The topological polar surface area (TPSA) is 56.6 Å². The Hall–Kier alpha value is -1.13. The molecule has 0 saturated heterocycles. The van der Waals surface area contributed by atoms with Crippen LogP contribution in [0.3, 0.4) is 0 Å². The van der Waals surface area contributed by atoms with Crippen LogP contribution in [-0.4, -0.2) is 34.9 Å². The van der Waals surface area contributed by atoms with E-state index in [1.807, 2.05) is 17.0 Å². The zero-order valence-electron chi connectivity index (χ0n) is 10.6. The Labute approximate surface area is 103 Å². The van der Waals surface area contributed by atoms with Gasteiger partial charge < -0.3 is 15.1 Å². The first-order valence-corrected chi connectivity index (χ1v) is 6.19. The first-order valence-electron chi connectivity index (χ1n) is 6.19. The molecule has 0 amide bonds. The van der Waals surface area contributed by atoms with Crippen molar-refractivity contribution in [1.29, 1.82) is 0 Å². The van der Waals surface area contributed by atoms with E-state index in [1.165, 1.54) is 0 Å². The molecule has 1 rings (SSSR count). The average Bonchev–Trinajstić information content (AvgIpc) is 2.34. The molecule has 0 unspecified atom stereocenters. The summed E-state index contributed by atoms with van der Waals surface area (Å²) in [6.07, 6.45) is 3.33. The number of rotatable bonds is 7. The molecule has 0 radical (unpaired) electrons. The largest absolute Gasteiger partial charge is 0.395 e. The Balaban J connectivity index is 2.91. The average molecular weight is 238 g/mol. The predicted molar refractivity (Wildman–Crippen MR) is 69.1 cm³/mol. The fourth-order valence-electron chi connectivity index (χ4n) is 1.79. The van der Waals surface area contributed by atoms with Gasteiger partial charge in [-0.05, 0) is 19.4 Å². The van der Waals surface area contributed by atoms with Crippen molar-refractivity contribution in [2.45, 2.75) is 32.8 Å². The molecule has 4 heteroatoms. The summed E-state index contributed by atoms with van der Waals surface area (Å²) in [4.78, 5) is 6.36. The third-order valence-electron chi connectivity index (χ3n) is 2.72. The van der Waals surface area contributed by atoms with E-state index in [-0.39, 0.29) is 6.61 Å². The zero-order chi connectivity index (χ0) is 12.7. The lowest BCUT2D eigenvalue weighted by atomic mass is 10.1. The number of nitrogens with zero attached hydrogens (tertiary/aromatic N) is 2. The summed E-state index contributed by atoms with van der Waals surface area (Å²) < 4.78 is 0. The summed E-state index contributed by atoms with van der Waals surface area (Å²) in [6, 6.07) is 3.70. The van der Waals surface area contributed by atoms with Crippen molar-refractivity contribution in [2.75, 3.05) is 24.6 Å². The minimum absolute atomic E-state index is 0.0968. The van der Waals surface area contributed by atoms with Crippen LogP contribution < -0.4 is 4.90 Å². The van der Waals surface area contributed by atoms with E-state index in [0.29, 0.717) is 6.54 Å². The van der Waals surface area contributed by atoms with Gasteiger partial charge in [-0.2, -0.15) is 0 Å². The second-order valence-corrected chi connectivity index (χ2v) is 4.16. The Kier molecular flexibility index (Phi) is 5.94. The molecule has 1 aromatic rings. The molecule has 0 aromatic carbocycles. The minimum atomic E-state index is -0.540. The van der Waals surface area contributed by atoms with Gasteiger partial charge in [-0.1, -0.05) is 19.4 Å². The summed E-state index contributed by atoms with van der Waals surface area (Å²) in [5, 5.41) is 18.8. The molecule has 1 atom stereocenters. The monoisotopic (exact) mass is 238 g/mol. The molecule has 0 spiro atoms. The first kappa shape index (κ1) is 13.9. The van der Waals surface area contributed by atoms with Crippen LogP contribution in [-0.2, 0) is 0 Å². The molecule has 96 valence electrons. The van der Waals surface area contributed by atoms with Crippen molar-refractivity contribution in [1.82, 2.24) is 4.98 Å². The van der Waals surface area contributed by atoms with Crippen molar-refractivity contribution in [2.24, 2.45) is 0 Å². The lowest BCUT2D eigenvalue weighted by Crippen LogP contribution is -2.29. The number of hydrogen-bond acceptors (Lipinski definition) is 4. The molecule has 1 aromatic heterocycles. The van der Waals surface area contributed by atoms with Crippen LogP contribution in [0, 0.1) is 0 Å². The standard InChI is InChI=1S/C13H22N2O2/c1-3-4-8-15(9-10-16)13-12(11(2)17)6-5-7-14-13/h5-7,11,16-17H,3-4,8-10H2,1-2H3/t11-/m1/s1. The molecule has 17 heavy (non-hydrogen) atoms. The van der Waals surface area contributed by atoms with Gasteiger partial charge in [0, 0.05) is 24.8 Å². The SMILES string of the molecule is CCCCN(CCO)c1ncccc1[C@@H](C)O. The maximum Gasteiger partial charge on any atom is 0.134 e. The quantitative estimate of drug-likeness (QED) is 0.759. The van der Waals surface area contributed by atoms with Gasteiger partial charge in [-0.3, -0.25) is 0 Å². The summed E-state index contributed by atoms with van der Waals surface area (Å²) >= 11 is 0. The van der Waals surface area contributed by atoms with E-state index in [2.05, 4.69) is 11.9 Å². The fraction of sp³-hybridized carbons (Fsp3) is 0.615. The molecular formula is C13H22N2O2. The van der Waals surface area contributed by atoms with E-state index in [0.717, 1.165) is 30.8 Å². The third-order valence-corrected chi connectivity index (χ3v) is 2.72.